The predicted molar refractivity (Wildman–Crippen MR) is 53.6 cm³/mol. The van der Waals surface area contributed by atoms with Crippen LogP contribution in [0.4, 0.5) is 0 Å². The Morgan fingerprint density at radius 2 is 2.36 bits per heavy atom. The van der Waals surface area contributed by atoms with Crippen LogP contribution in [0.25, 0.3) is 10.4 Å². The van der Waals surface area contributed by atoms with E-state index in [1.165, 1.54) is 17.5 Å². The van der Waals surface area contributed by atoms with E-state index in [9.17, 15) is 4.79 Å². The van der Waals surface area contributed by atoms with Crippen molar-refractivity contribution in [3.05, 3.63) is 29.2 Å². The van der Waals surface area contributed by atoms with Crippen LogP contribution >= 0.6 is 11.3 Å². The zero-order chi connectivity index (χ0) is 10.1. The third-order valence-electron chi connectivity index (χ3n) is 1.97. The number of nitrogens with one attached hydrogen (secondary N) is 1. The van der Waals surface area contributed by atoms with Gasteiger partial charge in [-0.25, -0.2) is 9.78 Å². The van der Waals surface area contributed by atoms with E-state index >= 15 is 0 Å². The number of aryl methyl sites for hydroxylation is 1. The molecule has 2 rings (SSSR count). The summed E-state index contributed by atoms with van der Waals surface area (Å²) in [6.07, 6.45) is 3.17. The van der Waals surface area contributed by atoms with Gasteiger partial charge in [0.25, 0.3) is 0 Å². The van der Waals surface area contributed by atoms with E-state index < -0.39 is 5.97 Å². The molecule has 2 N–H and O–H groups in total. The molecule has 72 valence electrons. The van der Waals surface area contributed by atoms with Crippen molar-refractivity contribution in [3.8, 4) is 10.4 Å². The molecule has 0 saturated heterocycles. The largest absolute Gasteiger partial charge is 0.478 e. The van der Waals surface area contributed by atoms with Crippen LogP contribution in [0, 0.1) is 6.92 Å². The molecule has 0 fully saturated rings. The summed E-state index contributed by atoms with van der Waals surface area (Å²) in [5.41, 5.74) is 3.57. The molecule has 0 radical (unpaired) electrons. The Morgan fingerprint density at radius 3 is 2.93 bits per heavy atom. The number of hydrogen-bond acceptors (Lipinski definition) is 3. The minimum absolute atomic E-state index is 0.289. The monoisotopic (exact) mass is 208 g/mol. The molecular weight excluding hydrogens is 200 g/mol. The fourth-order valence-electron chi connectivity index (χ4n) is 1.29. The summed E-state index contributed by atoms with van der Waals surface area (Å²) in [6, 6.07) is 0. The molecule has 5 heteroatoms. The average molecular weight is 208 g/mol. The molecule has 0 atom stereocenters. The predicted octanol–water partition coefficient (Wildman–Crippen LogP) is 2.14. The summed E-state index contributed by atoms with van der Waals surface area (Å²) in [4.78, 5) is 18.6. The summed E-state index contributed by atoms with van der Waals surface area (Å²) in [7, 11) is 0. The standard InChI is InChI=1S/C9H8N2O2S/c1-5-8(14-4-11-5)6-2-10-3-7(6)9(12)13/h2-4,10H,1H3,(H,12,13). The van der Waals surface area contributed by atoms with Crippen LogP contribution in [0.5, 0.6) is 0 Å². The van der Waals surface area contributed by atoms with Crippen LogP contribution in [-0.4, -0.2) is 21.0 Å². The number of carbonyl (C=O) groups is 1. The van der Waals surface area contributed by atoms with Crippen molar-refractivity contribution in [2.24, 2.45) is 0 Å². The first-order valence-corrected chi connectivity index (χ1v) is 4.88. The third-order valence-corrected chi connectivity index (χ3v) is 2.93. The average Bonchev–Trinajstić information content (AvgIpc) is 2.70. The smallest absolute Gasteiger partial charge is 0.337 e. The van der Waals surface area contributed by atoms with Crippen molar-refractivity contribution >= 4 is 17.3 Å². The highest BCUT2D eigenvalue weighted by Crippen LogP contribution is 2.29. The van der Waals surface area contributed by atoms with Gasteiger partial charge in [0.05, 0.1) is 21.6 Å². The van der Waals surface area contributed by atoms with Crippen molar-refractivity contribution in [1.82, 2.24) is 9.97 Å². The van der Waals surface area contributed by atoms with Crippen LogP contribution in [0.1, 0.15) is 16.1 Å². The van der Waals surface area contributed by atoms with Crippen LogP contribution < -0.4 is 0 Å². The minimum Gasteiger partial charge on any atom is -0.478 e. The van der Waals surface area contributed by atoms with E-state index in [-0.39, 0.29) is 5.56 Å². The molecule has 0 aromatic carbocycles. The molecule has 0 aliphatic rings. The molecule has 14 heavy (non-hydrogen) atoms. The Hall–Kier alpha value is -1.62. The molecule has 0 aliphatic heterocycles. The van der Waals surface area contributed by atoms with Gasteiger partial charge in [-0.2, -0.15) is 0 Å². The normalized spacial score (nSPS) is 10.4. The van der Waals surface area contributed by atoms with E-state index in [4.69, 9.17) is 5.11 Å². The van der Waals surface area contributed by atoms with E-state index in [0.717, 1.165) is 10.6 Å². The van der Waals surface area contributed by atoms with E-state index in [0.29, 0.717) is 5.56 Å². The van der Waals surface area contributed by atoms with Gasteiger partial charge in [0.1, 0.15) is 0 Å². The first kappa shape index (κ1) is 8.96. The van der Waals surface area contributed by atoms with Gasteiger partial charge in [-0.05, 0) is 6.92 Å². The maximum Gasteiger partial charge on any atom is 0.337 e. The topological polar surface area (TPSA) is 66.0 Å². The van der Waals surface area contributed by atoms with Gasteiger partial charge in [0, 0.05) is 18.0 Å². The number of aromatic amines is 1. The van der Waals surface area contributed by atoms with Crippen molar-refractivity contribution in [2.45, 2.75) is 6.92 Å². The number of carboxylic acid groups (broad SMARTS) is 1. The number of rotatable bonds is 2. The molecule has 2 aromatic heterocycles. The molecule has 0 spiro atoms. The lowest BCUT2D eigenvalue weighted by atomic mass is 10.1. The number of aromatic carboxylic acids is 1. The molecule has 2 heterocycles. The fourth-order valence-corrected chi connectivity index (χ4v) is 2.12. The van der Waals surface area contributed by atoms with Gasteiger partial charge < -0.3 is 10.1 Å². The highest BCUT2D eigenvalue weighted by molar-refractivity contribution is 7.13. The maximum absolute atomic E-state index is 10.9. The Bertz CT molecular complexity index is 473. The lowest BCUT2D eigenvalue weighted by Crippen LogP contribution is -1.95. The quantitative estimate of drug-likeness (QED) is 0.794. The number of nitrogens with zero attached hydrogens (tertiary/aromatic N) is 1. The zero-order valence-electron chi connectivity index (χ0n) is 7.44. The molecule has 0 amide bonds. The summed E-state index contributed by atoms with van der Waals surface area (Å²) in [5, 5.41) is 8.91. The van der Waals surface area contributed by atoms with E-state index in [1.54, 1.807) is 11.7 Å². The van der Waals surface area contributed by atoms with Gasteiger partial charge in [0.15, 0.2) is 0 Å². The summed E-state index contributed by atoms with van der Waals surface area (Å²) < 4.78 is 0. The summed E-state index contributed by atoms with van der Waals surface area (Å²) in [6.45, 7) is 1.87. The highest BCUT2D eigenvalue weighted by atomic mass is 32.1. The SMILES string of the molecule is Cc1ncsc1-c1c[nH]cc1C(=O)O. The van der Waals surface area contributed by atoms with Crippen molar-refractivity contribution < 1.29 is 9.90 Å². The van der Waals surface area contributed by atoms with Crippen LogP contribution in [-0.2, 0) is 0 Å². The third kappa shape index (κ3) is 1.31. The van der Waals surface area contributed by atoms with Gasteiger partial charge in [0.2, 0.25) is 0 Å². The second-order valence-electron chi connectivity index (χ2n) is 2.85. The van der Waals surface area contributed by atoms with Crippen LogP contribution in [0.15, 0.2) is 17.9 Å². The molecule has 0 bridgehead atoms. The summed E-state index contributed by atoms with van der Waals surface area (Å²) >= 11 is 1.44. The van der Waals surface area contributed by atoms with Crippen LogP contribution in [0.2, 0.25) is 0 Å². The Labute approximate surface area is 84.2 Å². The van der Waals surface area contributed by atoms with E-state index in [1.807, 2.05) is 6.92 Å². The zero-order valence-corrected chi connectivity index (χ0v) is 8.26. The number of hydrogen-bond donors (Lipinski definition) is 2. The first-order valence-electron chi connectivity index (χ1n) is 4.00. The van der Waals surface area contributed by atoms with E-state index in [2.05, 4.69) is 9.97 Å². The second kappa shape index (κ2) is 3.26. The number of carboxylic acids is 1. The van der Waals surface area contributed by atoms with Gasteiger partial charge in [-0.15, -0.1) is 11.3 Å². The Kier molecular flexibility index (Phi) is 2.09. The fraction of sp³-hybridized carbons (Fsp3) is 0.111. The van der Waals surface area contributed by atoms with Crippen molar-refractivity contribution in [3.63, 3.8) is 0 Å². The van der Waals surface area contributed by atoms with Crippen molar-refractivity contribution in [1.29, 1.82) is 0 Å². The second-order valence-corrected chi connectivity index (χ2v) is 3.71. The maximum atomic E-state index is 10.9. The molecular formula is C9H8N2O2S. The number of H-pyrrole nitrogens is 1. The van der Waals surface area contributed by atoms with Gasteiger partial charge in [-0.1, -0.05) is 0 Å². The van der Waals surface area contributed by atoms with Crippen LogP contribution in [0.3, 0.4) is 0 Å². The highest BCUT2D eigenvalue weighted by Gasteiger charge is 2.15. The minimum atomic E-state index is -0.922. The lowest BCUT2D eigenvalue weighted by Gasteiger charge is -1.96. The number of thiazole rings is 1. The summed E-state index contributed by atoms with van der Waals surface area (Å²) in [5.74, 6) is -0.922. The first-order chi connectivity index (χ1) is 6.70. The molecule has 0 unspecified atom stereocenters. The molecule has 2 aromatic rings. The molecule has 4 nitrogen and oxygen atoms in total. The molecule has 0 saturated carbocycles. The van der Waals surface area contributed by atoms with Crippen molar-refractivity contribution in [2.75, 3.05) is 0 Å². The lowest BCUT2D eigenvalue weighted by molar-refractivity contribution is 0.0698. The van der Waals surface area contributed by atoms with Gasteiger partial charge >= 0.3 is 5.97 Å². The Balaban J connectivity index is 2.57. The number of aromatic nitrogens is 2. The molecule has 0 aliphatic carbocycles. The van der Waals surface area contributed by atoms with Gasteiger partial charge in [-0.3, -0.25) is 0 Å². The Morgan fingerprint density at radius 1 is 1.57 bits per heavy atom.